The van der Waals surface area contributed by atoms with Gasteiger partial charge in [-0.2, -0.15) is 0 Å². The topological polar surface area (TPSA) is 97.7 Å². The molecule has 0 aliphatic rings. The van der Waals surface area contributed by atoms with Crippen molar-refractivity contribution in [1.29, 1.82) is 0 Å². The predicted octanol–water partition coefficient (Wildman–Crippen LogP) is 4.71. The van der Waals surface area contributed by atoms with Crippen LogP contribution in [0.3, 0.4) is 0 Å². The molecule has 3 aromatic rings. The second-order valence-electron chi connectivity index (χ2n) is 9.68. The van der Waals surface area contributed by atoms with Crippen LogP contribution in [0, 0.1) is 0 Å². The van der Waals surface area contributed by atoms with Crippen LogP contribution in [0.25, 0.3) is 16.9 Å². The summed E-state index contributed by atoms with van der Waals surface area (Å²) < 4.78 is 12.6. The Morgan fingerprint density at radius 2 is 1.69 bits per heavy atom. The van der Waals surface area contributed by atoms with Crippen molar-refractivity contribution in [3.8, 4) is 28.4 Å². The van der Waals surface area contributed by atoms with E-state index in [1.54, 1.807) is 24.9 Å². The molecule has 0 saturated carbocycles. The van der Waals surface area contributed by atoms with Crippen LogP contribution >= 0.6 is 0 Å². The Morgan fingerprint density at radius 3 is 2.28 bits per heavy atom. The summed E-state index contributed by atoms with van der Waals surface area (Å²) in [4.78, 5) is 32.1. The fourth-order valence-electron chi connectivity index (χ4n) is 3.59. The summed E-state index contributed by atoms with van der Waals surface area (Å²) in [6, 6.07) is 14.7. The average molecular weight is 494 g/mol. The van der Waals surface area contributed by atoms with Crippen LogP contribution in [0.5, 0.6) is 11.5 Å². The van der Waals surface area contributed by atoms with Gasteiger partial charge >= 0.3 is 6.03 Å². The number of ether oxygens (including phenoxy) is 2. The van der Waals surface area contributed by atoms with E-state index in [0.29, 0.717) is 23.1 Å². The summed E-state index contributed by atoms with van der Waals surface area (Å²) in [5.41, 5.74) is 1.89. The fraction of sp³-hybridized carbons (Fsp3) is 0.370. The normalized spacial score (nSPS) is 11.2. The van der Waals surface area contributed by atoms with Crippen LogP contribution in [-0.2, 0) is 4.79 Å². The molecule has 1 aromatic heterocycles. The number of urea groups is 1. The van der Waals surface area contributed by atoms with Crippen molar-refractivity contribution in [2.45, 2.75) is 46.2 Å². The number of imidazole rings is 1. The van der Waals surface area contributed by atoms with Crippen molar-refractivity contribution in [3.63, 3.8) is 0 Å². The third kappa shape index (κ3) is 6.56. The number of nitrogens with one attached hydrogen (secondary N) is 2. The molecule has 0 aliphatic carbocycles. The first-order valence-corrected chi connectivity index (χ1v) is 11.8. The smallest absolute Gasteiger partial charge is 0.318 e. The minimum atomic E-state index is -0.422. The Bertz CT molecular complexity index is 1200. The quantitative estimate of drug-likeness (QED) is 0.474. The summed E-state index contributed by atoms with van der Waals surface area (Å²) >= 11 is 0. The number of carbonyl (C=O) groups excluding carboxylic acids is 2. The van der Waals surface area contributed by atoms with E-state index in [4.69, 9.17) is 14.5 Å². The van der Waals surface area contributed by atoms with Crippen molar-refractivity contribution in [1.82, 2.24) is 19.8 Å². The summed E-state index contributed by atoms with van der Waals surface area (Å²) in [6.07, 6.45) is 1.85. The molecule has 192 valence electrons. The van der Waals surface area contributed by atoms with E-state index in [0.717, 1.165) is 11.3 Å². The Morgan fingerprint density at radius 1 is 1.03 bits per heavy atom. The van der Waals surface area contributed by atoms with Crippen LogP contribution in [0.15, 0.2) is 54.7 Å². The van der Waals surface area contributed by atoms with Gasteiger partial charge in [0.05, 0.1) is 25.6 Å². The van der Waals surface area contributed by atoms with E-state index in [-0.39, 0.29) is 24.5 Å². The van der Waals surface area contributed by atoms with Crippen molar-refractivity contribution < 1.29 is 19.1 Å². The van der Waals surface area contributed by atoms with Crippen LogP contribution in [0.4, 0.5) is 10.7 Å². The first kappa shape index (κ1) is 26.6. The molecule has 3 rings (SSSR count). The molecule has 2 aromatic carbocycles. The average Bonchev–Trinajstić information content (AvgIpc) is 3.24. The molecule has 0 spiro atoms. The number of methoxy groups -OCH3 is 2. The van der Waals surface area contributed by atoms with Gasteiger partial charge in [0.15, 0.2) is 11.5 Å². The van der Waals surface area contributed by atoms with Gasteiger partial charge in [0.1, 0.15) is 6.54 Å². The molecule has 3 amide bonds. The number of carbonyl (C=O) groups is 2. The van der Waals surface area contributed by atoms with Gasteiger partial charge in [-0.05, 0) is 46.8 Å². The van der Waals surface area contributed by atoms with Crippen LogP contribution in [0.2, 0.25) is 0 Å². The second-order valence-corrected chi connectivity index (χ2v) is 9.68. The van der Waals surface area contributed by atoms with Gasteiger partial charge in [-0.1, -0.05) is 30.3 Å². The van der Waals surface area contributed by atoms with Crippen molar-refractivity contribution in [3.05, 3.63) is 54.7 Å². The van der Waals surface area contributed by atoms with Crippen molar-refractivity contribution in [2.24, 2.45) is 0 Å². The molecule has 0 unspecified atom stereocenters. The Hall–Kier alpha value is -4.01. The van der Waals surface area contributed by atoms with E-state index < -0.39 is 5.54 Å². The van der Waals surface area contributed by atoms with E-state index in [1.807, 2.05) is 83.3 Å². The molecular formula is C27H35N5O4. The summed E-state index contributed by atoms with van der Waals surface area (Å²) in [6.45, 7) is 9.30. The minimum absolute atomic E-state index is 0.126. The van der Waals surface area contributed by atoms with Crippen molar-refractivity contribution in [2.75, 3.05) is 26.1 Å². The molecule has 2 N–H and O–H groups in total. The molecule has 0 radical (unpaired) electrons. The third-order valence-corrected chi connectivity index (χ3v) is 5.35. The Labute approximate surface area is 212 Å². The maximum absolute atomic E-state index is 13.1. The van der Waals surface area contributed by atoms with Gasteiger partial charge in [0, 0.05) is 29.4 Å². The number of nitrogens with zero attached hydrogens (tertiary/aromatic N) is 3. The molecule has 9 heteroatoms. The van der Waals surface area contributed by atoms with Crippen molar-refractivity contribution >= 4 is 17.9 Å². The zero-order valence-electron chi connectivity index (χ0n) is 22.0. The summed E-state index contributed by atoms with van der Waals surface area (Å²) in [5, 5.41) is 5.80. The summed E-state index contributed by atoms with van der Waals surface area (Å²) in [5.74, 6) is 1.10. The van der Waals surface area contributed by atoms with E-state index in [9.17, 15) is 9.59 Å². The molecular weight excluding hydrogens is 458 g/mol. The third-order valence-electron chi connectivity index (χ3n) is 5.35. The molecule has 0 fully saturated rings. The first-order chi connectivity index (χ1) is 17.0. The lowest BCUT2D eigenvalue weighted by atomic mass is 10.1. The molecule has 9 nitrogen and oxygen atoms in total. The van der Waals surface area contributed by atoms with E-state index >= 15 is 0 Å². The molecule has 0 aliphatic heterocycles. The SMILES string of the molecule is COc1ccc(-n2cc(-c3ccccc3)nc2NC(=O)CN(C(=O)NC(C)(C)C)C(C)C)cc1OC. The number of amides is 3. The van der Waals surface area contributed by atoms with Gasteiger partial charge in [-0.15, -0.1) is 0 Å². The lowest BCUT2D eigenvalue weighted by Gasteiger charge is -2.30. The number of rotatable bonds is 8. The molecule has 1 heterocycles. The van der Waals surface area contributed by atoms with E-state index in [1.165, 1.54) is 4.90 Å². The molecule has 0 atom stereocenters. The Balaban J connectivity index is 1.94. The summed E-state index contributed by atoms with van der Waals surface area (Å²) in [7, 11) is 3.14. The highest BCUT2D eigenvalue weighted by Gasteiger charge is 2.25. The fourth-order valence-corrected chi connectivity index (χ4v) is 3.59. The van der Waals surface area contributed by atoms with Gasteiger partial charge in [0.2, 0.25) is 11.9 Å². The minimum Gasteiger partial charge on any atom is -0.493 e. The van der Waals surface area contributed by atoms with Crippen LogP contribution in [0.1, 0.15) is 34.6 Å². The molecule has 0 saturated heterocycles. The first-order valence-electron chi connectivity index (χ1n) is 11.8. The highest BCUT2D eigenvalue weighted by atomic mass is 16.5. The largest absolute Gasteiger partial charge is 0.493 e. The number of anilines is 1. The standard InChI is InChI=1S/C27H35N5O4/c1-18(2)31(26(34)30-27(3,4)5)17-24(33)29-25-28-21(19-11-9-8-10-12-19)16-32(25)20-13-14-22(35-6)23(15-20)36-7/h8-16,18H,17H2,1-7H3,(H,30,34)(H,28,29,33). The van der Waals surface area contributed by atoms with Gasteiger partial charge in [0.25, 0.3) is 0 Å². The zero-order valence-corrected chi connectivity index (χ0v) is 22.0. The van der Waals surface area contributed by atoms with E-state index in [2.05, 4.69) is 10.6 Å². The predicted molar refractivity (Wildman–Crippen MR) is 141 cm³/mol. The highest BCUT2D eigenvalue weighted by Crippen LogP contribution is 2.31. The number of aromatic nitrogens is 2. The van der Waals surface area contributed by atoms with Crippen LogP contribution in [-0.4, -0.2) is 58.7 Å². The van der Waals surface area contributed by atoms with Gasteiger partial charge < -0.3 is 19.7 Å². The second kappa shape index (κ2) is 11.2. The number of benzene rings is 2. The maximum atomic E-state index is 13.1. The lowest BCUT2D eigenvalue weighted by molar-refractivity contribution is -0.117. The van der Waals surface area contributed by atoms with Gasteiger partial charge in [-0.3, -0.25) is 14.7 Å². The maximum Gasteiger partial charge on any atom is 0.318 e. The monoisotopic (exact) mass is 493 g/mol. The lowest BCUT2D eigenvalue weighted by Crippen LogP contribution is -2.52. The zero-order chi connectivity index (χ0) is 26.5. The molecule has 0 bridgehead atoms. The number of hydrogen-bond acceptors (Lipinski definition) is 5. The number of hydrogen-bond donors (Lipinski definition) is 2. The Kier molecular flexibility index (Phi) is 8.24. The van der Waals surface area contributed by atoms with Gasteiger partial charge in [-0.25, -0.2) is 9.78 Å². The highest BCUT2D eigenvalue weighted by molar-refractivity contribution is 5.93. The molecule has 36 heavy (non-hydrogen) atoms. The van der Waals surface area contributed by atoms with Crippen LogP contribution < -0.4 is 20.1 Å².